The van der Waals surface area contributed by atoms with Gasteiger partial charge in [-0.2, -0.15) is 5.10 Å². The molecule has 5 heteroatoms. The summed E-state index contributed by atoms with van der Waals surface area (Å²) in [6, 6.07) is 14.4. The zero-order valence-corrected chi connectivity index (χ0v) is 11.4. The fraction of sp³-hybridized carbons (Fsp3) is 0.125. The Bertz CT molecular complexity index is 730. The van der Waals surface area contributed by atoms with Crippen molar-refractivity contribution in [2.24, 2.45) is 0 Å². The highest BCUT2D eigenvalue weighted by Crippen LogP contribution is 2.10. The first-order valence-electron chi connectivity index (χ1n) is 6.73. The summed E-state index contributed by atoms with van der Waals surface area (Å²) in [4.78, 5) is 12.0. The molecule has 0 atom stereocenters. The van der Waals surface area contributed by atoms with Crippen molar-refractivity contribution >= 4 is 11.4 Å². The summed E-state index contributed by atoms with van der Waals surface area (Å²) in [7, 11) is 0. The van der Waals surface area contributed by atoms with Gasteiger partial charge in [0, 0.05) is 12.7 Å². The van der Waals surface area contributed by atoms with E-state index in [4.69, 9.17) is 0 Å². The van der Waals surface area contributed by atoms with Gasteiger partial charge in [0.15, 0.2) is 5.69 Å². The molecule has 0 saturated carbocycles. The Morgan fingerprint density at radius 1 is 1.19 bits per heavy atom. The predicted octanol–water partition coefficient (Wildman–Crippen LogP) is 2.01. The molecular formula is C16H15N3O2. The number of hydrogen-bond acceptors (Lipinski definition) is 3. The van der Waals surface area contributed by atoms with E-state index in [9.17, 15) is 9.90 Å². The Hall–Kier alpha value is -2.82. The predicted molar refractivity (Wildman–Crippen MR) is 79.3 cm³/mol. The molecule has 0 aliphatic heterocycles. The number of aromatic nitrogens is 2. The highest BCUT2D eigenvalue weighted by atomic mass is 16.3. The van der Waals surface area contributed by atoms with Crippen LogP contribution in [0.3, 0.4) is 0 Å². The van der Waals surface area contributed by atoms with E-state index in [0.29, 0.717) is 18.7 Å². The number of phenols is 1. The summed E-state index contributed by atoms with van der Waals surface area (Å²) in [5.74, 6) is 0.0602. The van der Waals surface area contributed by atoms with E-state index in [1.54, 1.807) is 22.7 Å². The molecule has 0 saturated heterocycles. The van der Waals surface area contributed by atoms with Crippen LogP contribution in [0.5, 0.6) is 5.75 Å². The van der Waals surface area contributed by atoms with Crippen LogP contribution in [0.2, 0.25) is 0 Å². The van der Waals surface area contributed by atoms with E-state index in [0.717, 1.165) is 11.1 Å². The molecule has 5 nitrogen and oxygen atoms in total. The minimum atomic E-state index is -0.183. The SMILES string of the molecule is O=C(NCCc1ccc(O)cc1)c1cc2ccccn2n1. The zero-order chi connectivity index (χ0) is 14.7. The van der Waals surface area contributed by atoms with Gasteiger partial charge in [0.2, 0.25) is 0 Å². The summed E-state index contributed by atoms with van der Waals surface area (Å²) < 4.78 is 1.68. The van der Waals surface area contributed by atoms with Crippen LogP contribution in [0.1, 0.15) is 16.1 Å². The molecule has 3 aromatic rings. The molecule has 106 valence electrons. The second-order valence-electron chi connectivity index (χ2n) is 4.77. The third kappa shape index (κ3) is 3.02. The van der Waals surface area contributed by atoms with E-state index >= 15 is 0 Å². The van der Waals surface area contributed by atoms with Gasteiger partial charge in [-0.25, -0.2) is 4.52 Å². The molecule has 2 aromatic heterocycles. The van der Waals surface area contributed by atoms with E-state index in [2.05, 4.69) is 10.4 Å². The Morgan fingerprint density at radius 2 is 2.00 bits per heavy atom. The maximum absolute atomic E-state index is 12.0. The van der Waals surface area contributed by atoms with Crippen LogP contribution in [0.15, 0.2) is 54.7 Å². The largest absolute Gasteiger partial charge is 0.508 e. The molecule has 0 spiro atoms. The normalized spacial score (nSPS) is 10.7. The molecule has 0 aliphatic rings. The lowest BCUT2D eigenvalue weighted by atomic mass is 10.1. The molecular weight excluding hydrogens is 266 g/mol. The first-order valence-corrected chi connectivity index (χ1v) is 6.73. The minimum Gasteiger partial charge on any atom is -0.508 e. The number of pyridine rings is 1. The maximum atomic E-state index is 12.0. The molecule has 0 fully saturated rings. The van der Waals surface area contributed by atoms with Crippen molar-refractivity contribution in [3.8, 4) is 5.75 Å². The first-order chi connectivity index (χ1) is 10.2. The average Bonchev–Trinajstić information content (AvgIpc) is 2.93. The minimum absolute atomic E-state index is 0.183. The van der Waals surface area contributed by atoms with Gasteiger partial charge in [0.05, 0.1) is 5.52 Å². The number of fused-ring (bicyclic) bond motifs is 1. The first kappa shape index (κ1) is 13.2. The van der Waals surface area contributed by atoms with Gasteiger partial charge in [-0.1, -0.05) is 18.2 Å². The highest BCUT2D eigenvalue weighted by molar-refractivity contribution is 5.93. The van der Waals surface area contributed by atoms with Gasteiger partial charge in [-0.15, -0.1) is 0 Å². The number of aromatic hydroxyl groups is 1. The van der Waals surface area contributed by atoms with Gasteiger partial charge in [0.1, 0.15) is 5.75 Å². The van der Waals surface area contributed by atoms with Crippen molar-refractivity contribution in [1.29, 1.82) is 0 Å². The van der Waals surface area contributed by atoms with Crippen LogP contribution in [-0.2, 0) is 6.42 Å². The number of rotatable bonds is 4. The van der Waals surface area contributed by atoms with Crippen LogP contribution in [-0.4, -0.2) is 27.2 Å². The van der Waals surface area contributed by atoms with Gasteiger partial charge in [-0.3, -0.25) is 4.79 Å². The summed E-state index contributed by atoms with van der Waals surface area (Å²) in [5.41, 5.74) is 2.36. The second kappa shape index (κ2) is 5.66. The van der Waals surface area contributed by atoms with E-state index in [1.165, 1.54) is 0 Å². The molecule has 1 amide bonds. The molecule has 0 aliphatic carbocycles. The Labute approximate surface area is 121 Å². The average molecular weight is 281 g/mol. The van der Waals surface area contributed by atoms with Crippen LogP contribution in [0, 0.1) is 0 Å². The molecule has 0 radical (unpaired) electrons. The summed E-state index contributed by atoms with van der Waals surface area (Å²) in [6.45, 7) is 0.525. The smallest absolute Gasteiger partial charge is 0.271 e. The maximum Gasteiger partial charge on any atom is 0.271 e. The Morgan fingerprint density at radius 3 is 2.76 bits per heavy atom. The van der Waals surface area contributed by atoms with E-state index < -0.39 is 0 Å². The number of carbonyl (C=O) groups excluding carboxylic acids is 1. The van der Waals surface area contributed by atoms with Crippen LogP contribution in [0.4, 0.5) is 0 Å². The molecule has 0 bridgehead atoms. The highest BCUT2D eigenvalue weighted by Gasteiger charge is 2.09. The third-order valence-corrected chi connectivity index (χ3v) is 3.24. The number of phenolic OH excluding ortho intramolecular Hbond substituents is 1. The van der Waals surface area contributed by atoms with Gasteiger partial charge in [0.25, 0.3) is 5.91 Å². The van der Waals surface area contributed by atoms with E-state index in [1.807, 2.05) is 36.5 Å². The van der Waals surface area contributed by atoms with Crippen molar-refractivity contribution in [3.05, 3.63) is 66.0 Å². The lowest BCUT2D eigenvalue weighted by molar-refractivity contribution is 0.0949. The standard InChI is InChI=1S/C16H15N3O2/c20-14-6-4-12(5-7-14)8-9-17-16(21)15-11-13-3-1-2-10-19(13)18-15/h1-7,10-11,20H,8-9H2,(H,17,21). The fourth-order valence-electron chi connectivity index (χ4n) is 2.12. The van der Waals surface area contributed by atoms with Crippen molar-refractivity contribution in [1.82, 2.24) is 14.9 Å². The van der Waals surface area contributed by atoms with Crippen molar-refractivity contribution in [3.63, 3.8) is 0 Å². The Kier molecular flexibility index (Phi) is 3.55. The lowest BCUT2D eigenvalue weighted by Gasteiger charge is -2.03. The van der Waals surface area contributed by atoms with Crippen LogP contribution >= 0.6 is 0 Å². The van der Waals surface area contributed by atoms with Crippen molar-refractivity contribution in [2.75, 3.05) is 6.54 Å². The number of nitrogens with zero attached hydrogens (tertiary/aromatic N) is 2. The zero-order valence-electron chi connectivity index (χ0n) is 11.4. The van der Waals surface area contributed by atoms with Crippen molar-refractivity contribution < 1.29 is 9.90 Å². The number of carbonyl (C=O) groups is 1. The number of benzene rings is 1. The number of nitrogens with one attached hydrogen (secondary N) is 1. The van der Waals surface area contributed by atoms with Gasteiger partial charge >= 0.3 is 0 Å². The van der Waals surface area contributed by atoms with Gasteiger partial charge in [-0.05, 0) is 42.3 Å². The van der Waals surface area contributed by atoms with Gasteiger partial charge < -0.3 is 10.4 Å². The molecule has 2 N–H and O–H groups in total. The quantitative estimate of drug-likeness (QED) is 0.768. The fourth-order valence-corrected chi connectivity index (χ4v) is 2.12. The number of hydrogen-bond donors (Lipinski definition) is 2. The summed E-state index contributed by atoms with van der Waals surface area (Å²) >= 11 is 0. The topological polar surface area (TPSA) is 66.6 Å². The molecule has 2 heterocycles. The third-order valence-electron chi connectivity index (χ3n) is 3.24. The van der Waals surface area contributed by atoms with Crippen LogP contribution in [0.25, 0.3) is 5.52 Å². The lowest BCUT2D eigenvalue weighted by Crippen LogP contribution is -2.26. The second-order valence-corrected chi connectivity index (χ2v) is 4.77. The number of amides is 1. The monoisotopic (exact) mass is 281 g/mol. The van der Waals surface area contributed by atoms with Crippen LogP contribution < -0.4 is 5.32 Å². The van der Waals surface area contributed by atoms with E-state index in [-0.39, 0.29) is 11.7 Å². The molecule has 1 aromatic carbocycles. The molecule has 21 heavy (non-hydrogen) atoms. The Balaban J connectivity index is 1.60. The molecule has 0 unspecified atom stereocenters. The summed E-state index contributed by atoms with van der Waals surface area (Å²) in [6.07, 6.45) is 2.52. The summed E-state index contributed by atoms with van der Waals surface area (Å²) in [5, 5.41) is 16.3. The molecule has 3 rings (SSSR count). The van der Waals surface area contributed by atoms with Crippen molar-refractivity contribution in [2.45, 2.75) is 6.42 Å².